The normalized spacial score (nSPS) is 20.1. The van der Waals surface area contributed by atoms with Gasteiger partial charge in [0.1, 0.15) is 6.61 Å². The smallest absolute Gasteiger partial charge is 0.411 e. The topological polar surface area (TPSA) is 87.7 Å². The summed E-state index contributed by atoms with van der Waals surface area (Å²) in [5.41, 5.74) is 1.42. The standard InChI is InChI=1S/C18H23F3N2O4/c19-18(20,21)11-27-10-13-3-1-12(2-4-13)9-22-17(26)23-15-7-5-14(6-8-15)16(24)25/h1-4,14-15H,5-11H2,(H,24,25)(H2,22,23,26). The zero-order valence-corrected chi connectivity index (χ0v) is 14.7. The minimum atomic E-state index is -4.34. The largest absolute Gasteiger partial charge is 0.481 e. The Balaban J connectivity index is 1.67. The molecule has 3 N–H and O–H groups in total. The molecule has 1 fully saturated rings. The number of carboxylic acids is 1. The molecule has 1 saturated carbocycles. The molecule has 0 aliphatic heterocycles. The van der Waals surface area contributed by atoms with Gasteiger partial charge in [0, 0.05) is 12.6 Å². The predicted octanol–water partition coefficient (Wildman–Crippen LogP) is 3.21. The van der Waals surface area contributed by atoms with Crippen LogP contribution >= 0.6 is 0 Å². The average molecular weight is 388 g/mol. The minimum Gasteiger partial charge on any atom is -0.481 e. The number of carboxylic acid groups (broad SMARTS) is 1. The molecule has 0 heterocycles. The lowest BCUT2D eigenvalue weighted by Crippen LogP contribution is -2.43. The fourth-order valence-corrected chi connectivity index (χ4v) is 2.94. The number of urea groups is 1. The maximum Gasteiger partial charge on any atom is 0.411 e. The summed E-state index contributed by atoms with van der Waals surface area (Å²) in [7, 11) is 0. The first-order valence-corrected chi connectivity index (χ1v) is 8.72. The lowest BCUT2D eigenvalue weighted by Gasteiger charge is -2.26. The fraction of sp³-hybridized carbons (Fsp3) is 0.556. The van der Waals surface area contributed by atoms with Crippen LogP contribution in [-0.4, -0.2) is 35.9 Å². The van der Waals surface area contributed by atoms with Crippen LogP contribution in [0.25, 0.3) is 0 Å². The van der Waals surface area contributed by atoms with Gasteiger partial charge in [0.2, 0.25) is 0 Å². The van der Waals surface area contributed by atoms with Crippen LogP contribution in [0.4, 0.5) is 18.0 Å². The van der Waals surface area contributed by atoms with Crippen molar-refractivity contribution in [3.05, 3.63) is 35.4 Å². The van der Waals surface area contributed by atoms with Gasteiger partial charge in [-0.2, -0.15) is 13.2 Å². The molecule has 9 heteroatoms. The minimum absolute atomic E-state index is 0.0336. The summed E-state index contributed by atoms with van der Waals surface area (Å²) >= 11 is 0. The predicted molar refractivity (Wildman–Crippen MR) is 90.9 cm³/mol. The average Bonchev–Trinajstić information content (AvgIpc) is 2.60. The molecule has 0 atom stereocenters. The molecule has 2 rings (SSSR count). The number of aliphatic carboxylic acids is 1. The molecule has 0 aromatic heterocycles. The second-order valence-electron chi connectivity index (χ2n) is 6.64. The first-order valence-electron chi connectivity index (χ1n) is 8.72. The number of hydrogen-bond donors (Lipinski definition) is 3. The highest BCUT2D eigenvalue weighted by Crippen LogP contribution is 2.24. The van der Waals surface area contributed by atoms with Gasteiger partial charge < -0.3 is 20.5 Å². The summed E-state index contributed by atoms with van der Waals surface area (Å²) < 4.78 is 40.7. The van der Waals surface area contributed by atoms with Gasteiger partial charge in [0.15, 0.2) is 0 Å². The summed E-state index contributed by atoms with van der Waals surface area (Å²) in [4.78, 5) is 22.8. The van der Waals surface area contributed by atoms with E-state index in [0.717, 1.165) is 5.56 Å². The van der Waals surface area contributed by atoms with Crippen molar-refractivity contribution < 1.29 is 32.6 Å². The van der Waals surface area contributed by atoms with E-state index in [4.69, 9.17) is 5.11 Å². The first kappa shape index (κ1) is 21.0. The third-order valence-electron chi connectivity index (χ3n) is 4.42. The maximum atomic E-state index is 12.0. The number of carbonyl (C=O) groups is 2. The van der Waals surface area contributed by atoms with Gasteiger partial charge in [-0.05, 0) is 36.8 Å². The van der Waals surface area contributed by atoms with Crippen LogP contribution in [-0.2, 0) is 22.7 Å². The molecule has 2 amide bonds. The quantitative estimate of drug-likeness (QED) is 0.669. The van der Waals surface area contributed by atoms with Gasteiger partial charge in [0.05, 0.1) is 12.5 Å². The molecular weight excluding hydrogens is 365 g/mol. The van der Waals surface area contributed by atoms with E-state index in [1.807, 2.05) is 0 Å². The Morgan fingerprint density at radius 3 is 2.22 bits per heavy atom. The number of nitrogens with one attached hydrogen (secondary N) is 2. The zero-order valence-electron chi connectivity index (χ0n) is 14.7. The summed E-state index contributed by atoms with van der Waals surface area (Å²) in [6.45, 7) is -1.14. The Morgan fingerprint density at radius 1 is 1.07 bits per heavy atom. The number of amides is 2. The van der Waals surface area contributed by atoms with Crippen molar-refractivity contribution in [3.8, 4) is 0 Å². The molecule has 1 aliphatic rings. The Kier molecular flexibility index (Phi) is 7.46. The fourth-order valence-electron chi connectivity index (χ4n) is 2.94. The third-order valence-corrected chi connectivity index (χ3v) is 4.42. The van der Waals surface area contributed by atoms with Gasteiger partial charge in [0.25, 0.3) is 0 Å². The molecule has 27 heavy (non-hydrogen) atoms. The second kappa shape index (κ2) is 9.59. The molecule has 1 aromatic rings. The van der Waals surface area contributed by atoms with Crippen molar-refractivity contribution in [2.24, 2.45) is 5.92 Å². The van der Waals surface area contributed by atoms with E-state index < -0.39 is 18.8 Å². The Hall–Kier alpha value is -2.29. The summed E-state index contributed by atoms with van der Waals surface area (Å²) in [6, 6.07) is 6.37. The highest BCUT2D eigenvalue weighted by atomic mass is 19.4. The van der Waals surface area contributed by atoms with Crippen LogP contribution in [0.2, 0.25) is 0 Å². The Bertz CT molecular complexity index is 626. The van der Waals surface area contributed by atoms with E-state index in [2.05, 4.69) is 15.4 Å². The number of benzene rings is 1. The van der Waals surface area contributed by atoms with Gasteiger partial charge in [-0.15, -0.1) is 0 Å². The molecule has 0 saturated heterocycles. The van der Waals surface area contributed by atoms with Crippen molar-refractivity contribution in [2.75, 3.05) is 6.61 Å². The van der Waals surface area contributed by atoms with Crippen molar-refractivity contribution in [1.29, 1.82) is 0 Å². The van der Waals surface area contributed by atoms with Crippen LogP contribution in [0.15, 0.2) is 24.3 Å². The van der Waals surface area contributed by atoms with Crippen LogP contribution < -0.4 is 10.6 Å². The van der Waals surface area contributed by atoms with E-state index in [9.17, 15) is 22.8 Å². The monoisotopic (exact) mass is 388 g/mol. The van der Waals surface area contributed by atoms with Crippen LogP contribution in [0, 0.1) is 5.92 Å². The van der Waals surface area contributed by atoms with Crippen LogP contribution in [0.3, 0.4) is 0 Å². The summed E-state index contributed by atoms with van der Waals surface area (Å²) in [5.74, 6) is -1.12. The molecule has 0 radical (unpaired) electrons. The number of ether oxygens (including phenoxy) is 1. The van der Waals surface area contributed by atoms with E-state index in [-0.39, 0.29) is 31.1 Å². The van der Waals surface area contributed by atoms with Crippen molar-refractivity contribution >= 4 is 12.0 Å². The number of halogens is 3. The van der Waals surface area contributed by atoms with E-state index >= 15 is 0 Å². The Morgan fingerprint density at radius 2 is 1.67 bits per heavy atom. The molecule has 150 valence electrons. The lowest BCUT2D eigenvalue weighted by atomic mass is 9.86. The lowest BCUT2D eigenvalue weighted by molar-refractivity contribution is -0.176. The summed E-state index contributed by atoms with van der Waals surface area (Å²) in [5, 5.41) is 14.5. The van der Waals surface area contributed by atoms with Crippen molar-refractivity contribution in [1.82, 2.24) is 10.6 Å². The van der Waals surface area contributed by atoms with Gasteiger partial charge >= 0.3 is 18.2 Å². The second-order valence-corrected chi connectivity index (χ2v) is 6.64. The first-order chi connectivity index (χ1) is 12.7. The van der Waals surface area contributed by atoms with Gasteiger partial charge in [-0.1, -0.05) is 24.3 Å². The molecule has 0 spiro atoms. The maximum absolute atomic E-state index is 12.0. The Labute approximate surface area is 155 Å². The highest BCUT2D eigenvalue weighted by molar-refractivity contribution is 5.74. The molecular formula is C18H23F3N2O4. The summed E-state index contributed by atoms with van der Waals surface area (Å²) in [6.07, 6.45) is -1.96. The third kappa shape index (κ3) is 7.86. The van der Waals surface area contributed by atoms with Crippen LogP contribution in [0.1, 0.15) is 36.8 Å². The number of hydrogen-bond acceptors (Lipinski definition) is 3. The van der Waals surface area contributed by atoms with E-state index in [1.54, 1.807) is 24.3 Å². The zero-order chi connectivity index (χ0) is 19.9. The number of alkyl halides is 3. The number of rotatable bonds is 7. The molecule has 0 bridgehead atoms. The van der Waals surface area contributed by atoms with E-state index in [0.29, 0.717) is 31.2 Å². The molecule has 0 unspecified atom stereocenters. The van der Waals surface area contributed by atoms with Gasteiger partial charge in [-0.3, -0.25) is 4.79 Å². The highest BCUT2D eigenvalue weighted by Gasteiger charge is 2.27. The number of carbonyl (C=O) groups excluding carboxylic acids is 1. The molecule has 1 aliphatic carbocycles. The molecule has 6 nitrogen and oxygen atoms in total. The van der Waals surface area contributed by atoms with Gasteiger partial charge in [-0.25, -0.2) is 4.79 Å². The van der Waals surface area contributed by atoms with Crippen molar-refractivity contribution in [3.63, 3.8) is 0 Å². The SMILES string of the molecule is O=C(NCc1ccc(COCC(F)(F)F)cc1)NC1CCC(C(=O)O)CC1. The van der Waals surface area contributed by atoms with E-state index in [1.165, 1.54) is 0 Å². The molecule has 1 aromatic carbocycles. The van der Waals surface area contributed by atoms with Crippen LogP contribution in [0.5, 0.6) is 0 Å². The van der Waals surface area contributed by atoms with Crippen molar-refractivity contribution in [2.45, 2.75) is 51.1 Å².